The Morgan fingerprint density at radius 3 is 2.48 bits per heavy atom. The summed E-state index contributed by atoms with van der Waals surface area (Å²) in [6.45, 7) is -3.34. The van der Waals surface area contributed by atoms with E-state index >= 15 is 0 Å². The highest BCUT2D eigenvalue weighted by Gasteiger charge is 2.20. The zero-order valence-corrected chi connectivity index (χ0v) is 14.0. The van der Waals surface area contributed by atoms with Gasteiger partial charge in [-0.05, 0) is 24.3 Å². The van der Waals surface area contributed by atoms with Crippen molar-refractivity contribution in [2.45, 2.75) is 6.61 Å². The van der Waals surface area contributed by atoms with Crippen LogP contribution in [0.4, 0.5) is 14.5 Å². The fraction of sp³-hybridized carbons (Fsp3) is 0.176. The first-order valence-electron chi connectivity index (χ1n) is 7.22. The van der Waals surface area contributed by atoms with Crippen molar-refractivity contribution in [3.63, 3.8) is 0 Å². The normalized spacial score (nSPS) is 10.4. The second kappa shape index (κ2) is 8.43. The third kappa shape index (κ3) is 5.15. The smallest absolute Gasteiger partial charge is 0.387 e. The van der Waals surface area contributed by atoms with Gasteiger partial charge in [0.1, 0.15) is 5.75 Å². The van der Waals surface area contributed by atoms with Crippen LogP contribution in [-0.4, -0.2) is 36.9 Å². The van der Waals surface area contributed by atoms with Gasteiger partial charge < -0.3 is 15.0 Å². The van der Waals surface area contributed by atoms with Gasteiger partial charge in [0.25, 0.3) is 5.91 Å². The molecule has 2 aromatic rings. The molecule has 0 fully saturated rings. The van der Waals surface area contributed by atoms with E-state index in [2.05, 4.69) is 10.1 Å². The second-order valence-corrected chi connectivity index (χ2v) is 5.47. The van der Waals surface area contributed by atoms with Gasteiger partial charge in [0.05, 0.1) is 22.8 Å². The van der Waals surface area contributed by atoms with E-state index < -0.39 is 18.4 Å². The number of ether oxygens (including phenoxy) is 1. The van der Waals surface area contributed by atoms with Gasteiger partial charge in [0, 0.05) is 7.05 Å². The molecule has 132 valence electrons. The maximum atomic E-state index is 12.4. The summed E-state index contributed by atoms with van der Waals surface area (Å²) < 4.78 is 29.2. The van der Waals surface area contributed by atoms with Crippen LogP contribution in [-0.2, 0) is 4.79 Å². The number of para-hydroxylation sites is 2. The number of nitrogens with zero attached hydrogens (tertiary/aromatic N) is 1. The second-order valence-electron chi connectivity index (χ2n) is 5.06. The molecule has 2 aromatic carbocycles. The highest BCUT2D eigenvalue weighted by molar-refractivity contribution is 6.33. The molecule has 1 N–H and O–H groups in total. The lowest BCUT2D eigenvalue weighted by atomic mass is 10.2. The van der Waals surface area contributed by atoms with E-state index in [1.165, 1.54) is 31.3 Å². The van der Waals surface area contributed by atoms with E-state index in [-0.39, 0.29) is 17.9 Å². The molecular weight excluding hydrogens is 354 g/mol. The van der Waals surface area contributed by atoms with Crippen molar-refractivity contribution in [1.29, 1.82) is 0 Å². The van der Waals surface area contributed by atoms with Crippen LogP contribution >= 0.6 is 11.6 Å². The van der Waals surface area contributed by atoms with Crippen molar-refractivity contribution in [2.75, 3.05) is 18.9 Å². The van der Waals surface area contributed by atoms with Crippen LogP contribution in [0.3, 0.4) is 0 Å². The minimum absolute atomic E-state index is 0.0594. The quantitative estimate of drug-likeness (QED) is 0.846. The average Bonchev–Trinajstić information content (AvgIpc) is 2.56. The molecule has 0 saturated carbocycles. The Morgan fingerprint density at radius 2 is 1.80 bits per heavy atom. The Morgan fingerprint density at radius 1 is 1.16 bits per heavy atom. The average molecular weight is 369 g/mol. The van der Waals surface area contributed by atoms with Crippen LogP contribution in [0.1, 0.15) is 10.4 Å². The molecule has 0 atom stereocenters. The van der Waals surface area contributed by atoms with Gasteiger partial charge in [0.2, 0.25) is 5.91 Å². The molecule has 0 aromatic heterocycles. The summed E-state index contributed by atoms with van der Waals surface area (Å²) in [6.07, 6.45) is 0. The van der Waals surface area contributed by atoms with Gasteiger partial charge in [0.15, 0.2) is 0 Å². The molecule has 2 amide bonds. The number of hydrogen-bond acceptors (Lipinski definition) is 3. The van der Waals surface area contributed by atoms with Crippen molar-refractivity contribution in [1.82, 2.24) is 4.90 Å². The number of nitrogens with one attached hydrogen (secondary N) is 1. The summed E-state index contributed by atoms with van der Waals surface area (Å²) >= 11 is 5.95. The molecule has 0 aliphatic heterocycles. The minimum Gasteiger partial charge on any atom is -0.434 e. The Kier molecular flexibility index (Phi) is 6.30. The number of rotatable bonds is 6. The summed E-state index contributed by atoms with van der Waals surface area (Å²) in [6, 6.07) is 12.3. The van der Waals surface area contributed by atoms with E-state index in [1.54, 1.807) is 24.3 Å². The fourth-order valence-corrected chi connectivity index (χ4v) is 2.27. The van der Waals surface area contributed by atoms with E-state index in [0.29, 0.717) is 10.7 Å². The van der Waals surface area contributed by atoms with Gasteiger partial charge in [-0.15, -0.1) is 0 Å². The number of hydrogen-bond donors (Lipinski definition) is 1. The summed E-state index contributed by atoms with van der Waals surface area (Å²) in [5, 5.41) is 2.94. The van der Waals surface area contributed by atoms with Gasteiger partial charge >= 0.3 is 6.61 Å². The summed E-state index contributed by atoms with van der Waals surface area (Å²) in [5.74, 6) is -1.34. The first kappa shape index (κ1) is 18.7. The van der Waals surface area contributed by atoms with Crippen LogP contribution in [0.15, 0.2) is 48.5 Å². The molecule has 0 aliphatic carbocycles. The van der Waals surface area contributed by atoms with Crippen molar-refractivity contribution < 1.29 is 23.1 Å². The molecule has 0 radical (unpaired) electrons. The Bertz CT molecular complexity index is 771. The van der Waals surface area contributed by atoms with Gasteiger partial charge in [-0.25, -0.2) is 0 Å². The largest absolute Gasteiger partial charge is 0.434 e. The lowest BCUT2D eigenvalue weighted by Crippen LogP contribution is -2.35. The zero-order chi connectivity index (χ0) is 18.4. The van der Waals surface area contributed by atoms with Crippen molar-refractivity contribution in [3.05, 3.63) is 59.1 Å². The van der Waals surface area contributed by atoms with E-state index in [0.717, 1.165) is 4.90 Å². The minimum atomic E-state index is -3.05. The molecule has 0 unspecified atom stereocenters. The Labute approximate surface area is 148 Å². The van der Waals surface area contributed by atoms with E-state index in [9.17, 15) is 18.4 Å². The molecule has 5 nitrogen and oxygen atoms in total. The maximum Gasteiger partial charge on any atom is 0.387 e. The number of likely N-dealkylation sites (N-methyl/N-ethyl adjacent to an activating group) is 1. The summed E-state index contributed by atoms with van der Waals surface area (Å²) in [7, 11) is 1.38. The lowest BCUT2D eigenvalue weighted by molar-refractivity contribution is -0.116. The predicted octanol–water partition coefficient (Wildman–Crippen LogP) is 3.65. The molecule has 8 heteroatoms. The van der Waals surface area contributed by atoms with Crippen LogP contribution in [0.5, 0.6) is 5.75 Å². The first-order chi connectivity index (χ1) is 11.9. The predicted molar refractivity (Wildman–Crippen MR) is 90.1 cm³/mol. The monoisotopic (exact) mass is 368 g/mol. The van der Waals surface area contributed by atoms with Crippen LogP contribution in [0.25, 0.3) is 0 Å². The number of alkyl halides is 2. The van der Waals surface area contributed by atoms with Crippen molar-refractivity contribution >= 4 is 29.1 Å². The summed E-state index contributed by atoms with van der Waals surface area (Å²) in [5.41, 5.74) is 0.354. The van der Waals surface area contributed by atoms with Gasteiger partial charge in [-0.2, -0.15) is 8.78 Å². The van der Waals surface area contributed by atoms with Crippen molar-refractivity contribution in [2.24, 2.45) is 0 Å². The number of halogens is 3. The molecule has 0 heterocycles. The van der Waals surface area contributed by atoms with Crippen molar-refractivity contribution in [3.8, 4) is 5.75 Å². The number of anilines is 1. The number of benzene rings is 2. The molecule has 2 rings (SSSR count). The number of carbonyl (C=O) groups is 2. The fourth-order valence-electron chi connectivity index (χ4n) is 2.09. The molecule has 0 aliphatic rings. The molecule has 25 heavy (non-hydrogen) atoms. The highest BCUT2D eigenvalue weighted by Crippen LogP contribution is 2.22. The molecule has 0 bridgehead atoms. The van der Waals surface area contributed by atoms with Gasteiger partial charge in [-0.3, -0.25) is 9.59 Å². The van der Waals surface area contributed by atoms with E-state index in [4.69, 9.17) is 11.6 Å². The molecule has 0 spiro atoms. The highest BCUT2D eigenvalue weighted by atomic mass is 35.5. The Balaban J connectivity index is 2.05. The third-order valence-corrected chi connectivity index (χ3v) is 3.54. The van der Waals surface area contributed by atoms with Gasteiger partial charge in [-0.1, -0.05) is 35.9 Å². The third-order valence-electron chi connectivity index (χ3n) is 3.21. The zero-order valence-electron chi connectivity index (χ0n) is 13.2. The summed E-state index contributed by atoms with van der Waals surface area (Å²) in [4.78, 5) is 25.6. The SMILES string of the molecule is CN(CC(=O)Nc1ccccc1Cl)C(=O)c1ccccc1OC(F)F. The first-order valence-corrected chi connectivity index (χ1v) is 7.60. The standard InChI is InChI=1S/C17H15ClF2N2O3/c1-22(10-15(23)21-13-8-4-3-7-12(13)18)16(24)11-6-2-5-9-14(11)25-17(19)20/h2-9,17H,10H2,1H3,(H,21,23). The molecular formula is C17H15ClF2N2O3. The van der Waals surface area contributed by atoms with Crippen LogP contribution in [0.2, 0.25) is 5.02 Å². The Hall–Kier alpha value is -2.67. The number of carbonyl (C=O) groups excluding carboxylic acids is 2. The van der Waals surface area contributed by atoms with E-state index in [1.807, 2.05) is 0 Å². The lowest BCUT2D eigenvalue weighted by Gasteiger charge is -2.19. The van der Waals surface area contributed by atoms with Crippen LogP contribution in [0, 0.1) is 0 Å². The van der Waals surface area contributed by atoms with Crippen LogP contribution < -0.4 is 10.1 Å². The topological polar surface area (TPSA) is 58.6 Å². The molecule has 0 saturated heterocycles. The maximum absolute atomic E-state index is 12.4. The number of amides is 2.